The maximum absolute atomic E-state index is 13.3. The van der Waals surface area contributed by atoms with E-state index in [-0.39, 0.29) is 17.2 Å². The van der Waals surface area contributed by atoms with Crippen molar-refractivity contribution >= 4 is 12.0 Å². The molecule has 3 rings (SSSR count). The molecule has 22 heavy (non-hydrogen) atoms. The zero-order valence-electron chi connectivity index (χ0n) is 11.7. The van der Waals surface area contributed by atoms with Gasteiger partial charge in [-0.25, -0.2) is 0 Å². The zero-order valence-corrected chi connectivity index (χ0v) is 11.7. The predicted octanol–water partition coefficient (Wildman–Crippen LogP) is 4.01. The van der Waals surface area contributed by atoms with Gasteiger partial charge in [0.2, 0.25) is 0 Å². The van der Waals surface area contributed by atoms with Crippen LogP contribution < -0.4 is 4.90 Å². The van der Waals surface area contributed by atoms with Crippen LogP contribution in [0.25, 0.3) is 0 Å². The first-order valence-corrected chi connectivity index (χ1v) is 6.95. The maximum Gasteiger partial charge on any atom is 0.418 e. The van der Waals surface area contributed by atoms with Gasteiger partial charge in [-0.05, 0) is 23.8 Å². The number of anilines is 1. The molecule has 114 valence electrons. The summed E-state index contributed by atoms with van der Waals surface area (Å²) in [4.78, 5) is 12.5. The van der Waals surface area contributed by atoms with E-state index in [0.717, 1.165) is 11.6 Å². The number of aldehydes is 1. The Morgan fingerprint density at radius 3 is 2.77 bits per heavy atom. The molecular weight excluding hydrogens is 291 g/mol. The topological polar surface area (TPSA) is 20.3 Å². The molecule has 2 aliphatic rings. The summed E-state index contributed by atoms with van der Waals surface area (Å²) in [6.07, 6.45) is 5.71. The van der Waals surface area contributed by atoms with Gasteiger partial charge in [-0.1, -0.05) is 30.4 Å². The summed E-state index contributed by atoms with van der Waals surface area (Å²) in [6, 6.07) is 3.72. The van der Waals surface area contributed by atoms with Crippen molar-refractivity contribution in [3.63, 3.8) is 0 Å². The first kappa shape index (κ1) is 14.6. The number of fused-ring (bicyclic) bond motifs is 1. The number of alkyl halides is 3. The summed E-state index contributed by atoms with van der Waals surface area (Å²) in [7, 11) is 0. The smallest absolute Gasteiger partial charge is 0.366 e. The van der Waals surface area contributed by atoms with Gasteiger partial charge < -0.3 is 4.90 Å². The van der Waals surface area contributed by atoms with Crippen LogP contribution in [0.4, 0.5) is 18.9 Å². The third kappa shape index (κ3) is 2.71. The number of carbonyl (C=O) groups excluding carboxylic acids is 1. The quantitative estimate of drug-likeness (QED) is 0.770. The van der Waals surface area contributed by atoms with E-state index in [1.807, 2.05) is 30.4 Å². The van der Waals surface area contributed by atoms with Crippen LogP contribution in [0, 0.1) is 5.92 Å². The molecule has 1 aliphatic carbocycles. The Morgan fingerprint density at radius 2 is 2.05 bits per heavy atom. The average molecular weight is 305 g/mol. The fourth-order valence-electron chi connectivity index (χ4n) is 2.84. The third-order valence-electron chi connectivity index (χ3n) is 3.94. The van der Waals surface area contributed by atoms with Crippen LogP contribution in [0.15, 0.2) is 54.2 Å². The van der Waals surface area contributed by atoms with Crippen LogP contribution in [0.3, 0.4) is 0 Å². The molecule has 0 amide bonds. The molecule has 0 radical (unpaired) electrons. The molecule has 1 aliphatic heterocycles. The zero-order chi connectivity index (χ0) is 15.7. The molecule has 2 nitrogen and oxygen atoms in total. The number of hydrogen-bond acceptors (Lipinski definition) is 2. The SMILES string of the molecule is O=Cc1ccc(N2CC=C3C=CC=CC3C2)c(C(F)(F)F)c1. The van der Waals surface area contributed by atoms with Gasteiger partial charge in [0.15, 0.2) is 0 Å². The third-order valence-corrected chi connectivity index (χ3v) is 3.94. The molecule has 0 bridgehead atoms. The van der Waals surface area contributed by atoms with Crippen LogP contribution in [-0.2, 0) is 6.18 Å². The van der Waals surface area contributed by atoms with Crippen molar-refractivity contribution in [3.8, 4) is 0 Å². The van der Waals surface area contributed by atoms with Crippen LogP contribution in [0.5, 0.6) is 0 Å². The second-order valence-electron chi connectivity index (χ2n) is 5.35. The molecule has 0 saturated heterocycles. The lowest BCUT2D eigenvalue weighted by molar-refractivity contribution is -0.137. The summed E-state index contributed by atoms with van der Waals surface area (Å²) >= 11 is 0. The number of nitrogens with zero attached hydrogens (tertiary/aromatic N) is 1. The van der Waals surface area contributed by atoms with Gasteiger partial charge in [0.1, 0.15) is 6.29 Å². The van der Waals surface area contributed by atoms with Crippen molar-refractivity contribution in [2.24, 2.45) is 5.92 Å². The summed E-state index contributed by atoms with van der Waals surface area (Å²) in [5, 5.41) is 0. The van der Waals surface area contributed by atoms with Crippen LogP contribution in [0.2, 0.25) is 0 Å². The Hall–Kier alpha value is -2.30. The minimum absolute atomic E-state index is 0.0322. The van der Waals surface area contributed by atoms with Crippen LogP contribution in [0.1, 0.15) is 15.9 Å². The number of rotatable bonds is 2. The molecule has 0 N–H and O–H groups in total. The largest absolute Gasteiger partial charge is 0.418 e. The fraction of sp³-hybridized carbons (Fsp3) is 0.235. The van der Waals surface area contributed by atoms with Crippen LogP contribution >= 0.6 is 0 Å². The number of allylic oxidation sites excluding steroid dienone is 3. The highest BCUT2D eigenvalue weighted by atomic mass is 19.4. The second-order valence-corrected chi connectivity index (χ2v) is 5.35. The van der Waals surface area contributed by atoms with E-state index < -0.39 is 11.7 Å². The molecule has 1 heterocycles. The van der Waals surface area contributed by atoms with Gasteiger partial charge in [0.05, 0.1) is 5.56 Å². The van der Waals surface area contributed by atoms with Gasteiger partial charge in [-0.2, -0.15) is 13.2 Å². The van der Waals surface area contributed by atoms with E-state index in [1.165, 1.54) is 12.1 Å². The number of benzene rings is 1. The Kier molecular flexibility index (Phi) is 3.64. The lowest BCUT2D eigenvalue weighted by Gasteiger charge is -2.34. The minimum atomic E-state index is -4.49. The number of hydrogen-bond donors (Lipinski definition) is 0. The summed E-state index contributed by atoms with van der Waals surface area (Å²) < 4.78 is 39.8. The molecule has 0 spiro atoms. The van der Waals surface area contributed by atoms with E-state index in [2.05, 4.69) is 0 Å². The van der Waals surface area contributed by atoms with E-state index in [9.17, 15) is 18.0 Å². The summed E-state index contributed by atoms with van der Waals surface area (Å²) in [5.41, 5.74) is 0.530. The van der Waals surface area contributed by atoms with Gasteiger partial charge in [0, 0.05) is 30.3 Å². The van der Waals surface area contributed by atoms with Crippen molar-refractivity contribution in [2.45, 2.75) is 6.18 Å². The number of carbonyl (C=O) groups is 1. The molecule has 5 heteroatoms. The molecule has 1 atom stereocenters. The molecular formula is C17H14F3NO. The van der Waals surface area contributed by atoms with E-state index in [0.29, 0.717) is 19.4 Å². The lowest BCUT2D eigenvalue weighted by atomic mass is 9.90. The monoisotopic (exact) mass is 305 g/mol. The van der Waals surface area contributed by atoms with E-state index in [4.69, 9.17) is 0 Å². The predicted molar refractivity (Wildman–Crippen MR) is 78.9 cm³/mol. The Labute approximate surface area is 126 Å². The van der Waals surface area contributed by atoms with Gasteiger partial charge in [-0.3, -0.25) is 4.79 Å². The highest BCUT2D eigenvalue weighted by Crippen LogP contribution is 2.38. The molecule has 0 aromatic heterocycles. The van der Waals surface area contributed by atoms with Crippen molar-refractivity contribution in [2.75, 3.05) is 18.0 Å². The Bertz CT molecular complexity index is 686. The molecule has 0 fully saturated rings. The fourth-order valence-corrected chi connectivity index (χ4v) is 2.84. The molecule has 0 saturated carbocycles. The normalized spacial score (nSPS) is 20.6. The lowest BCUT2D eigenvalue weighted by Crippen LogP contribution is -2.35. The van der Waals surface area contributed by atoms with Crippen molar-refractivity contribution in [1.29, 1.82) is 0 Å². The van der Waals surface area contributed by atoms with E-state index >= 15 is 0 Å². The average Bonchev–Trinajstić information content (AvgIpc) is 2.53. The molecule has 1 unspecified atom stereocenters. The standard InChI is InChI=1S/C17H14F3NO/c18-17(19,20)15-9-12(11-22)5-6-16(15)21-8-7-13-3-1-2-4-14(13)10-21/h1-7,9,11,14H,8,10H2. The highest BCUT2D eigenvalue weighted by molar-refractivity contribution is 5.77. The van der Waals surface area contributed by atoms with Gasteiger partial charge >= 0.3 is 6.18 Å². The maximum atomic E-state index is 13.3. The van der Waals surface area contributed by atoms with Crippen molar-refractivity contribution < 1.29 is 18.0 Å². The van der Waals surface area contributed by atoms with Gasteiger partial charge in [-0.15, -0.1) is 0 Å². The van der Waals surface area contributed by atoms with Crippen molar-refractivity contribution in [1.82, 2.24) is 0 Å². The second kappa shape index (κ2) is 5.48. The Balaban J connectivity index is 1.98. The number of halogens is 3. The van der Waals surface area contributed by atoms with Gasteiger partial charge in [0.25, 0.3) is 0 Å². The minimum Gasteiger partial charge on any atom is -0.366 e. The van der Waals surface area contributed by atoms with E-state index in [1.54, 1.807) is 4.90 Å². The first-order chi connectivity index (χ1) is 10.5. The van der Waals surface area contributed by atoms with Crippen LogP contribution in [-0.4, -0.2) is 19.4 Å². The molecule has 1 aromatic rings. The molecule has 1 aromatic carbocycles. The first-order valence-electron chi connectivity index (χ1n) is 6.95. The summed E-state index contributed by atoms with van der Waals surface area (Å²) in [5.74, 6) is 0.102. The highest BCUT2D eigenvalue weighted by Gasteiger charge is 2.36. The Morgan fingerprint density at radius 1 is 1.23 bits per heavy atom. The summed E-state index contributed by atoms with van der Waals surface area (Å²) in [6.45, 7) is 0.920. The van der Waals surface area contributed by atoms with Crippen molar-refractivity contribution in [3.05, 3.63) is 65.3 Å².